The molecule has 1 fully saturated rings. The van der Waals surface area contributed by atoms with E-state index >= 15 is 0 Å². The van der Waals surface area contributed by atoms with Gasteiger partial charge in [-0.1, -0.05) is 36.0 Å². The Kier molecular flexibility index (Phi) is 5.13. The summed E-state index contributed by atoms with van der Waals surface area (Å²) < 4.78 is 29.3. The molecule has 0 radical (unpaired) electrons. The van der Waals surface area contributed by atoms with E-state index in [2.05, 4.69) is 11.0 Å². The van der Waals surface area contributed by atoms with Gasteiger partial charge in [-0.3, -0.25) is 9.69 Å². The second-order valence-electron chi connectivity index (χ2n) is 5.85. The number of sulfonamides is 1. The molecule has 1 saturated heterocycles. The van der Waals surface area contributed by atoms with Crippen molar-refractivity contribution in [3.05, 3.63) is 64.4 Å². The molecule has 6 nitrogen and oxygen atoms in total. The Hall–Kier alpha value is -2.01. The van der Waals surface area contributed by atoms with Gasteiger partial charge in [0.2, 0.25) is 0 Å². The Morgan fingerprint density at radius 1 is 1.18 bits per heavy atom. The van der Waals surface area contributed by atoms with Gasteiger partial charge in [0.15, 0.2) is 5.17 Å². The number of fused-ring (bicyclic) bond motifs is 1. The minimum absolute atomic E-state index is 0.144. The highest BCUT2D eigenvalue weighted by Crippen LogP contribution is 2.49. The van der Waals surface area contributed by atoms with Gasteiger partial charge in [0.05, 0.1) is 10.7 Å². The number of benzene rings is 1. The number of anilines is 1. The first kappa shape index (κ1) is 19.3. The molecule has 2 aliphatic heterocycles. The maximum atomic E-state index is 13.0. The highest BCUT2D eigenvalue weighted by atomic mass is 32.2. The molecule has 1 amide bonds. The minimum Gasteiger partial charge on any atom is -0.337 e. The molecule has 2 aromatic rings. The van der Waals surface area contributed by atoms with Crippen molar-refractivity contribution in [2.24, 2.45) is 4.40 Å². The van der Waals surface area contributed by atoms with Gasteiger partial charge in [0, 0.05) is 18.5 Å². The fourth-order valence-corrected chi connectivity index (χ4v) is 7.26. The van der Waals surface area contributed by atoms with Gasteiger partial charge in [-0.2, -0.15) is 8.42 Å². The lowest BCUT2D eigenvalue weighted by Gasteiger charge is -2.15. The molecule has 10 heteroatoms. The number of amidine groups is 1. The summed E-state index contributed by atoms with van der Waals surface area (Å²) in [6.07, 6.45) is 1.56. The van der Waals surface area contributed by atoms with Crippen LogP contribution < -0.4 is 4.90 Å². The van der Waals surface area contributed by atoms with Gasteiger partial charge in [-0.15, -0.1) is 22.3 Å². The van der Waals surface area contributed by atoms with Crippen molar-refractivity contribution < 1.29 is 13.2 Å². The molecule has 0 aliphatic carbocycles. The number of thiophene rings is 1. The van der Waals surface area contributed by atoms with Crippen LogP contribution in [0, 0.1) is 0 Å². The molecule has 4 rings (SSSR count). The van der Waals surface area contributed by atoms with E-state index in [9.17, 15) is 13.2 Å². The van der Waals surface area contributed by atoms with Crippen LogP contribution in [0.2, 0.25) is 0 Å². The molecule has 0 atom stereocenters. The Morgan fingerprint density at radius 2 is 1.96 bits per heavy atom. The van der Waals surface area contributed by atoms with Crippen LogP contribution in [0.3, 0.4) is 0 Å². The first-order chi connectivity index (χ1) is 13.4. The number of hydrogen-bond acceptors (Lipinski definition) is 7. The molecule has 0 bridgehead atoms. The zero-order valence-electron chi connectivity index (χ0n) is 14.7. The lowest BCUT2D eigenvalue weighted by atomic mass is 10.3. The third kappa shape index (κ3) is 3.30. The summed E-state index contributed by atoms with van der Waals surface area (Å²) in [6, 6.07) is 11.0. The van der Waals surface area contributed by atoms with Crippen LogP contribution in [0.5, 0.6) is 0 Å². The van der Waals surface area contributed by atoms with Gasteiger partial charge in [-0.05, 0) is 35.3 Å². The third-order valence-corrected chi connectivity index (χ3v) is 9.24. The number of hydrogen-bond donors (Lipinski definition) is 0. The average Bonchev–Trinajstić information content (AvgIpc) is 3.38. The minimum atomic E-state index is -3.87. The van der Waals surface area contributed by atoms with Crippen molar-refractivity contribution in [3.63, 3.8) is 0 Å². The Bertz CT molecular complexity index is 1120. The van der Waals surface area contributed by atoms with Gasteiger partial charge in [-0.25, -0.2) is 0 Å². The average molecular weight is 450 g/mol. The number of carbonyl (C=O) groups excluding carboxylic acids is 1. The standard InChI is InChI=1S/C18H15N3O3S4/c1-3-10-21-16(22)15(17-20(2)12-7-4-5-8-13(12)26-17)27-18(21)19-28(23,24)14-9-6-11-25-14/h3-9,11H,1,10H2,2H3. The smallest absolute Gasteiger partial charge is 0.294 e. The third-order valence-electron chi connectivity index (χ3n) is 4.06. The Morgan fingerprint density at radius 3 is 2.64 bits per heavy atom. The van der Waals surface area contributed by atoms with Crippen LogP contribution >= 0.6 is 34.9 Å². The molecule has 2 aliphatic rings. The monoisotopic (exact) mass is 449 g/mol. The van der Waals surface area contributed by atoms with Crippen molar-refractivity contribution in [3.8, 4) is 0 Å². The van der Waals surface area contributed by atoms with Crippen LogP contribution in [-0.4, -0.2) is 38.0 Å². The number of nitrogens with zero attached hydrogens (tertiary/aromatic N) is 3. The van der Waals surface area contributed by atoms with Crippen LogP contribution in [-0.2, 0) is 14.8 Å². The summed E-state index contributed by atoms with van der Waals surface area (Å²) in [5.41, 5.74) is 1.01. The first-order valence-corrected chi connectivity index (χ1v) is 12.1. The molecule has 0 saturated carbocycles. The number of amides is 1. The maximum Gasteiger partial charge on any atom is 0.294 e. The number of para-hydroxylation sites is 1. The number of thioether (sulfide) groups is 2. The lowest BCUT2D eigenvalue weighted by molar-refractivity contribution is -0.121. The van der Waals surface area contributed by atoms with Gasteiger partial charge >= 0.3 is 0 Å². The molecular weight excluding hydrogens is 434 g/mol. The quantitative estimate of drug-likeness (QED) is 0.520. The Labute approximate surface area is 175 Å². The lowest BCUT2D eigenvalue weighted by Crippen LogP contribution is -2.30. The predicted molar refractivity (Wildman–Crippen MR) is 116 cm³/mol. The molecular formula is C18H15N3O3S4. The molecule has 28 heavy (non-hydrogen) atoms. The van der Waals surface area contributed by atoms with Crippen molar-refractivity contribution in [2.45, 2.75) is 9.10 Å². The van der Waals surface area contributed by atoms with Crippen molar-refractivity contribution in [1.29, 1.82) is 0 Å². The summed E-state index contributed by atoms with van der Waals surface area (Å²) in [5.74, 6) is -0.271. The summed E-state index contributed by atoms with van der Waals surface area (Å²) in [4.78, 5) is 17.9. The second kappa shape index (κ2) is 7.43. The first-order valence-electron chi connectivity index (χ1n) is 8.16. The van der Waals surface area contributed by atoms with Crippen molar-refractivity contribution in [2.75, 3.05) is 18.5 Å². The van der Waals surface area contributed by atoms with Crippen LogP contribution in [0.15, 0.2) is 77.9 Å². The largest absolute Gasteiger partial charge is 0.337 e. The van der Waals surface area contributed by atoms with E-state index in [1.807, 2.05) is 36.2 Å². The van der Waals surface area contributed by atoms with E-state index in [1.165, 1.54) is 22.7 Å². The topological polar surface area (TPSA) is 70.1 Å². The van der Waals surface area contributed by atoms with E-state index in [0.717, 1.165) is 38.7 Å². The number of rotatable bonds is 4. The molecule has 0 N–H and O–H groups in total. The maximum absolute atomic E-state index is 13.0. The summed E-state index contributed by atoms with van der Waals surface area (Å²) in [6.45, 7) is 3.86. The zero-order valence-corrected chi connectivity index (χ0v) is 18.0. The molecule has 1 aromatic heterocycles. The predicted octanol–water partition coefficient (Wildman–Crippen LogP) is 3.97. The van der Waals surface area contributed by atoms with E-state index < -0.39 is 10.0 Å². The summed E-state index contributed by atoms with van der Waals surface area (Å²) in [7, 11) is -1.98. The van der Waals surface area contributed by atoms with E-state index in [4.69, 9.17) is 0 Å². The van der Waals surface area contributed by atoms with E-state index in [-0.39, 0.29) is 21.8 Å². The molecule has 0 unspecified atom stereocenters. The Balaban J connectivity index is 1.76. The number of carbonyl (C=O) groups is 1. The van der Waals surface area contributed by atoms with E-state index in [0.29, 0.717) is 4.91 Å². The fourth-order valence-electron chi connectivity index (χ4n) is 2.75. The van der Waals surface area contributed by atoms with Crippen LogP contribution in [0.25, 0.3) is 0 Å². The van der Waals surface area contributed by atoms with Gasteiger partial charge in [0.25, 0.3) is 15.9 Å². The van der Waals surface area contributed by atoms with Crippen LogP contribution in [0.1, 0.15) is 0 Å². The highest BCUT2D eigenvalue weighted by Gasteiger charge is 2.39. The molecule has 144 valence electrons. The van der Waals surface area contributed by atoms with E-state index in [1.54, 1.807) is 17.5 Å². The summed E-state index contributed by atoms with van der Waals surface area (Å²) in [5, 5.41) is 2.59. The van der Waals surface area contributed by atoms with Crippen LogP contribution in [0.4, 0.5) is 5.69 Å². The summed E-state index contributed by atoms with van der Waals surface area (Å²) >= 11 is 3.67. The van der Waals surface area contributed by atoms with Gasteiger partial charge in [0.1, 0.15) is 9.11 Å². The SMILES string of the molecule is C=CCN1C(=O)C(=C2Sc3ccccc3N2C)SC1=NS(=O)(=O)c1cccs1. The molecule has 0 spiro atoms. The molecule has 1 aromatic carbocycles. The van der Waals surface area contributed by atoms with Gasteiger partial charge < -0.3 is 4.90 Å². The van der Waals surface area contributed by atoms with Crippen molar-refractivity contribution in [1.82, 2.24) is 4.90 Å². The highest BCUT2D eigenvalue weighted by molar-refractivity contribution is 8.19. The van der Waals surface area contributed by atoms with Crippen molar-refractivity contribution >= 4 is 61.6 Å². The second-order valence-corrected chi connectivity index (χ2v) is 10.6. The normalized spacial score (nSPS) is 20.9. The zero-order chi connectivity index (χ0) is 19.9. The molecule has 3 heterocycles. The fraction of sp³-hybridized carbons (Fsp3) is 0.111.